The predicted octanol–water partition coefficient (Wildman–Crippen LogP) is -1.12. The third-order valence-corrected chi connectivity index (χ3v) is 2.55. The van der Waals surface area contributed by atoms with Gasteiger partial charge in [0.15, 0.2) is 6.04 Å². The smallest absolute Gasteiger partial charge is 0.334 e. The minimum absolute atomic E-state index is 0.185. The number of methoxy groups -OCH3 is 1. The average Bonchev–Trinajstić information content (AvgIpc) is 2.34. The van der Waals surface area contributed by atoms with Crippen LogP contribution < -0.4 is 16.9 Å². The number of hydrogen-bond acceptors (Lipinski definition) is 5. The molecule has 2 N–H and O–H groups in total. The van der Waals surface area contributed by atoms with Crippen molar-refractivity contribution in [3.8, 4) is 0 Å². The Hall–Kier alpha value is -2.31. The Bertz CT molecular complexity index is 611. The first-order valence-electron chi connectivity index (χ1n) is 4.93. The molecule has 0 bridgehead atoms. The van der Waals surface area contributed by atoms with Crippen LogP contribution in [0, 0.1) is 0 Å². The largest absolute Gasteiger partial charge is 0.467 e. The maximum atomic E-state index is 11.8. The second-order valence-electron chi connectivity index (χ2n) is 3.57. The van der Waals surface area contributed by atoms with E-state index in [4.69, 9.17) is 5.73 Å². The number of nitrogens with two attached hydrogens (primary N) is 1. The van der Waals surface area contributed by atoms with Gasteiger partial charge in [-0.25, -0.2) is 14.2 Å². The molecular weight excluding hydrogens is 226 g/mol. The molecule has 7 nitrogen and oxygen atoms in total. The van der Waals surface area contributed by atoms with Gasteiger partial charge in [-0.3, -0.25) is 9.59 Å². The highest BCUT2D eigenvalue weighted by Crippen LogP contribution is 2.12. The fraction of sp³-hybridized carbons (Fsp3) is 0.300. The van der Waals surface area contributed by atoms with Crippen LogP contribution >= 0.6 is 0 Å². The van der Waals surface area contributed by atoms with Crippen molar-refractivity contribution in [3.63, 3.8) is 0 Å². The highest BCUT2D eigenvalue weighted by Gasteiger charge is 2.25. The number of carbonyl (C=O) groups is 1. The van der Waals surface area contributed by atoms with Gasteiger partial charge in [-0.1, -0.05) is 12.2 Å². The lowest BCUT2D eigenvalue weighted by Gasteiger charge is -2.23. The Kier molecular flexibility index (Phi) is 2.58. The summed E-state index contributed by atoms with van der Waals surface area (Å²) in [7, 11) is 1.21. The van der Waals surface area contributed by atoms with Crippen LogP contribution in [0.5, 0.6) is 0 Å². The second kappa shape index (κ2) is 3.93. The summed E-state index contributed by atoms with van der Waals surface area (Å²) < 4.78 is 6.75. The summed E-state index contributed by atoms with van der Waals surface area (Å²) in [5.41, 5.74) is 4.23. The van der Waals surface area contributed by atoms with Crippen molar-refractivity contribution in [1.29, 1.82) is 0 Å². The van der Waals surface area contributed by atoms with Gasteiger partial charge in [-0.05, 0) is 0 Å². The fourth-order valence-corrected chi connectivity index (χ4v) is 1.74. The number of hydrogen-bond donors (Lipinski definition) is 1. The molecule has 1 aromatic rings. The van der Waals surface area contributed by atoms with E-state index in [1.807, 2.05) is 0 Å². The van der Waals surface area contributed by atoms with Crippen LogP contribution in [0.25, 0.3) is 0 Å². The molecule has 1 aliphatic rings. The molecule has 0 fully saturated rings. The maximum Gasteiger partial charge on any atom is 0.334 e. The normalized spacial score (nSPS) is 17.6. The Balaban J connectivity index is 2.73. The Labute approximate surface area is 95.7 Å². The van der Waals surface area contributed by atoms with Crippen LogP contribution in [0.2, 0.25) is 0 Å². The molecule has 2 heterocycles. The van der Waals surface area contributed by atoms with E-state index in [9.17, 15) is 14.4 Å². The lowest BCUT2D eigenvalue weighted by atomic mass is 10.2. The number of aromatic nitrogens is 2. The van der Waals surface area contributed by atoms with Gasteiger partial charge in [0.1, 0.15) is 5.69 Å². The van der Waals surface area contributed by atoms with E-state index in [-0.39, 0.29) is 12.2 Å². The number of nitrogens with zero attached hydrogens (tertiary/aromatic N) is 2. The molecule has 1 atom stereocenters. The number of allylic oxidation sites excluding steroid dienone is 1. The van der Waals surface area contributed by atoms with Crippen LogP contribution in [0.15, 0.2) is 27.8 Å². The number of esters is 1. The molecule has 1 aromatic heterocycles. The van der Waals surface area contributed by atoms with E-state index in [1.165, 1.54) is 13.2 Å². The highest BCUT2D eigenvalue weighted by molar-refractivity contribution is 5.76. The van der Waals surface area contributed by atoms with Gasteiger partial charge in [0.2, 0.25) is 0 Å². The lowest BCUT2D eigenvalue weighted by molar-refractivity contribution is -0.143. The van der Waals surface area contributed by atoms with Crippen LogP contribution in [-0.2, 0) is 16.1 Å². The van der Waals surface area contributed by atoms with Crippen molar-refractivity contribution in [3.05, 3.63) is 38.9 Å². The van der Waals surface area contributed by atoms with Crippen molar-refractivity contribution in [2.24, 2.45) is 0 Å². The van der Waals surface area contributed by atoms with Crippen LogP contribution in [-0.4, -0.2) is 22.4 Å². The summed E-state index contributed by atoms with van der Waals surface area (Å²) in [6, 6.07) is 0.101. The Morgan fingerprint density at radius 3 is 2.88 bits per heavy atom. The first kappa shape index (κ1) is 11.2. The second-order valence-corrected chi connectivity index (χ2v) is 3.57. The van der Waals surface area contributed by atoms with E-state index in [1.54, 1.807) is 6.08 Å². The third-order valence-electron chi connectivity index (χ3n) is 2.55. The zero-order valence-electron chi connectivity index (χ0n) is 9.12. The topological polar surface area (TPSA) is 96.3 Å². The quantitative estimate of drug-likeness (QED) is 0.492. The van der Waals surface area contributed by atoms with Gasteiger partial charge in [0, 0.05) is 6.07 Å². The molecule has 0 aliphatic carbocycles. The number of fused-ring (bicyclic) bond motifs is 1. The van der Waals surface area contributed by atoms with Gasteiger partial charge >= 0.3 is 5.97 Å². The van der Waals surface area contributed by atoms with Crippen LogP contribution in [0.3, 0.4) is 0 Å². The number of nitrogen functional groups attached to an aromatic ring is 1. The first-order chi connectivity index (χ1) is 8.06. The number of anilines is 1. The van der Waals surface area contributed by atoms with E-state index in [2.05, 4.69) is 4.74 Å². The molecule has 7 heteroatoms. The molecule has 0 amide bonds. The number of rotatable bonds is 1. The number of carbonyl (C=O) groups excluding carboxylic acids is 1. The van der Waals surface area contributed by atoms with Crippen molar-refractivity contribution in [1.82, 2.24) is 9.36 Å². The summed E-state index contributed by atoms with van der Waals surface area (Å²) >= 11 is 0. The van der Waals surface area contributed by atoms with Crippen molar-refractivity contribution in [2.45, 2.75) is 12.6 Å². The molecule has 0 saturated heterocycles. The molecule has 0 aromatic carbocycles. The molecule has 17 heavy (non-hydrogen) atoms. The summed E-state index contributed by atoms with van der Waals surface area (Å²) in [4.78, 5) is 35.0. The van der Waals surface area contributed by atoms with Gasteiger partial charge in [-0.15, -0.1) is 0 Å². The molecular formula is C10H11N3O4. The van der Waals surface area contributed by atoms with Gasteiger partial charge in [0.05, 0.1) is 13.7 Å². The monoisotopic (exact) mass is 237 g/mol. The molecule has 2 rings (SSSR count). The summed E-state index contributed by atoms with van der Waals surface area (Å²) in [6.45, 7) is 0.224. The molecule has 0 saturated carbocycles. The Morgan fingerprint density at radius 2 is 2.24 bits per heavy atom. The first-order valence-corrected chi connectivity index (χ1v) is 4.93. The van der Waals surface area contributed by atoms with E-state index < -0.39 is 23.1 Å². The standard InChI is InChI=1S/C10H11N3O4/c1-17-10(16)7-3-2-4-12-8(14)5-6(11)9(15)13(7)12/h2-3,5,7H,4,11H2,1H3. The van der Waals surface area contributed by atoms with E-state index in [0.29, 0.717) is 0 Å². The zero-order chi connectivity index (χ0) is 12.6. The van der Waals surface area contributed by atoms with Crippen LogP contribution in [0.1, 0.15) is 6.04 Å². The Morgan fingerprint density at radius 1 is 1.53 bits per heavy atom. The third kappa shape index (κ3) is 1.65. The average molecular weight is 237 g/mol. The molecule has 1 aliphatic heterocycles. The van der Waals surface area contributed by atoms with Crippen LogP contribution in [0.4, 0.5) is 5.69 Å². The molecule has 0 radical (unpaired) electrons. The zero-order valence-corrected chi connectivity index (χ0v) is 9.12. The maximum absolute atomic E-state index is 11.8. The van der Waals surface area contributed by atoms with Crippen molar-refractivity contribution >= 4 is 11.7 Å². The summed E-state index contributed by atoms with van der Waals surface area (Å²) in [5, 5.41) is 0. The van der Waals surface area contributed by atoms with Gasteiger partial charge in [0.25, 0.3) is 11.1 Å². The summed E-state index contributed by atoms with van der Waals surface area (Å²) in [5.74, 6) is -0.623. The summed E-state index contributed by atoms with van der Waals surface area (Å²) in [6.07, 6.45) is 3.13. The van der Waals surface area contributed by atoms with Gasteiger partial charge < -0.3 is 10.5 Å². The van der Waals surface area contributed by atoms with Gasteiger partial charge in [-0.2, -0.15) is 0 Å². The van der Waals surface area contributed by atoms with Crippen molar-refractivity contribution < 1.29 is 9.53 Å². The number of ether oxygens (including phenoxy) is 1. The molecule has 90 valence electrons. The van der Waals surface area contributed by atoms with Crippen molar-refractivity contribution in [2.75, 3.05) is 12.8 Å². The van der Waals surface area contributed by atoms with E-state index >= 15 is 0 Å². The lowest BCUT2D eigenvalue weighted by Crippen LogP contribution is -2.44. The van der Waals surface area contributed by atoms with E-state index in [0.717, 1.165) is 15.4 Å². The predicted molar refractivity (Wildman–Crippen MR) is 59.6 cm³/mol. The minimum Gasteiger partial charge on any atom is -0.467 e. The highest BCUT2D eigenvalue weighted by atomic mass is 16.5. The minimum atomic E-state index is -0.947. The molecule has 1 unspecified atom stereocenters. The molecule has 0 spiro atoms. The fourth-order valence-electron chi connectivity index (χ4n) is 1.74. The SMILES string of the molecule is COC(=O)C1C=CCn2c(=O)cc(N)c(=O)n21.